The summed E-state index contributed by atoms with van der Waals surface area (Å²) >= 11 is 5.99. The predicted octanol–water partition coefficient (Wildman–Crippen LogP) is 2.33. The second-order valence-corrected chi connectivity index (χ2v) is 4.36. The Labute approximate surface area is 120 Å². The maximum atomic E-state index is 13.1. The van der Waals surface area contributed by atoms with Crippen molar-refractivity contribution in [2.24, 2.45) is 5.73 Å². The number of ether oxygens (including phenoxy) is 2. The van der Waals surface area contributed by atoms with Crippen molar-refractivity contribution < 1.29 is 13.9 Å². The molecule has 5 nitrogen and oxygen atoms in total. The summed E-state index contributed by atoms with van der Waals surface area (Å²) in [4.78, 5) is 8.27. The maximum absolute atomic E-state index is 13.1. The highest BCUT2D eigenvalue weighted by atomic mass is 35.5. The van der Waals surface area contributed by atoms with Crippen LogP contribution in [0.15, 0.2) is 24.4 Å². The molecule has 0 aliphatic carbocycles. The van der Waals surface area contributed by atoms with Crippen LogP contribution < -0.4 is 15.2 Å². The highest BCUT2D eigenvalue weighted by Gasteiger charge is 2.20. The Morgan fingerprint density at radius 3 is 2.65 bits per heavy atom. The Morgan fingerprint density at radius 1 is 1.30 bits per heavy atom. The molecule has 2 rings (SSSR count). The molecule has 7 heteroatoms. The molecule has 0 spiro atoms. The zero-order chi connectivity index (χ0) is 14.7. The molecule has 0 amide bonds. The summed E-state index contributed by atoms with van der Waals surface area (Å²) in [6, 6.07) is 3.30. The molecular weight excluding hydrogens is 285 g/mol. The van der Waals surface area contributed by atoms with Crippen LogP contribution in [0.5, 0.6) is 11.8 Å². The Kier molecular flexibility index (Phi) is 4.36. The van der Waals surface area contributed by atoms with E-state index in [9.17, 15) is 4.39 Å². The van der Waals surface area contributed by atoms with E-state index in [0.717, 1.165) is 0 Å². The van der Waals surface area contributed by atoms with Crippen LogP contribution in [-0.4, -0.2) is 24.2 Å². The van der Waals surface area contributed by atoms with E-state index in [2.05, 4.69) is 9.97 Å². The Morgan fingerprint density at radius 2 is 2.05 bits per heavy atom. The van der Waals surface area contributed by atoms with Crippen LogP contribution in [0.3, 0.4) is 0 Å². The van der Waals surface area contributed by atoms with Gasteiger partial charge in [-0.3, -0.25) is 0 Å². The van der Waals surface area contributed by atoms with Crippen LogP contribution in [0.1, 0.15) is 17.3 Å². The van der Waals surface area contributed by atoms with Crippen LogP contribution in [0.4, 0.5) is 4.39 Å². The maximum Gasteiger partial charge on any atom is 0.240 e. The fourth-order valence-corrected chi connectivity index (χ4v) is 2.01. The molecule has 2 N–H and O–H groups in total. The van der Waals surface area contributed by atoms with E-state index < -0.39 is 11.9 Å². The molecule has 1 aromatic heterocycles. The van der Waals surface area contributed by atoms with E-state index in [1.54, 1.807) is 0 Å². The first-order valence-electron chi connectivity index (χ1n) is 5.72. The SMILES string of the molecule is COc1cnc(C(N)c2ccc(F)cc2Cl)c(OC)n1. The highest BCUT2D eigenvalue weighted by molar-refractivity contribution is 6.31. The van der Waals surface area contributed by atoms with Crippen molar-refractivity contribution in [2.75, 3.05) is 14.2 Å². The summed E-state index contributed by atoms with van der Waals surface area (Å²) in [6.45, 7) is 0. The molecule has 2 aromatic rings. The monoisotopic (exact) mass is 297 g/mol. The minimum absolute atomic E-state index is 0.220. The largest absolute Gasteiger partial charge is 0.480 e. The number of halogens is 2. The van der Waals surface area contributed by atoms with Gasteiger partial charge in [0, 0.05) is 5.02 Å². The van der Waals surface area contributed by atoms with Crippen molar-refractivity contribution in [3.8, 4) is 11.8 Å². The number of methoxy groups -OCH3 is 2. The van der Waals surface area contributed by atoms with Gasteiger partial charge in [-0.05, 0) is 17.7 Å². The van der Waals surface area contributed by atoms with Crippen molar-refractivity contribution in [3.05, 3.63) is 46.5 Å². The van der Waals surface area contributed by atoms with Crippen molar-refractivity contribution in [1.82, 2.24) is 9.97 Å². The van der Waals surface area contributed by atoms with Crippen LogP contribution in [0, 0.1) is 5.82 Å². The summed E-state index contributed by atoms with van der Waals surface area (Å²) in [7, 11) is 2.92. The number of nitrogens with two attached hydrogens (primary N) is 1. The first kappa shape index (κ1) is 14.5. The summed E-state index contributed by atoms with van der Waals surface area (Å²) in [5.41, 5.74) is 7.03. The molecule has 0 aliphatic rings. The van der Waals surface area contributed by atoms with Crippen molar-refractivity contribution >= 4 is 11.6 Å². The molecule has 20 heavy (non-hydrogen) atoms. The van der Waals surface area contributed by atoms with Gasteiger partial charge in [-0.25, -0.2) is 9.37 Å². The van der Waals surface area contributed by atoms with Crippen molar-refractivity contribution in [1.29, 1.82) is 0 Å². The average Bonchev–Trinajstić information content (AvgIpc) is 2.46. The van der Waals surface area contributed by atoms with Gasteiger partial charge >= 0.3 is 0 Å². The van der Waals surface area contributed by atoms with Gasteiger partial charge in [0.1, 0.15) is 11.5 Å². The van der Waals surface area contributed by atoms with Crippen LogP contribution in [0.2, 0.25) is 5.02 Å². The molecule has 1 aromatic carbocycles. The third-order valence-corrected chi connectivity index (χ3v) is 3.07. The van der Waals surface area contributed by atoms with Gasteiger partial charge in [-0.15, -0.1) is 0 Å². The van der Waals surface area contributed by atoms with E-state index in [1.807, 2.05) is 0 Å². The minimum atomic E-state index is -0.684. The fraction of sp³-hybridized carbons (Fsp3) is 0.231. The highest BCUT2D eigenvalue weighted by Crippen LogP contribution is 2.30. The summed E-state index contributed by atoms with van der Waals surface area (Å²) in [6.07, 6.45) is 1.43. The number of hydrogen-bond acceptors (Lipinski definition) is 5. The Hall–Kier alpha value is -1.92. The lowest BCUT2D eigenvalue weighted by Crippen LogP contribution is -2.16. The third-order valence-electron chi connectivity index (χ3n) is 2.74. The van der Waals surface area contributed by atoms with Gasteiger partial charge < -0.3 is 15.2 Å². The zero-order valence-corrected chi connectivity index (χ0v) is 11.7. The molecule has 1 unspecified atom stereocenters. The second kappa shape index (κ2) is 6.02. The number of rotatable bonds is 4. The number of aromatic nitrogens is 2. The topological polar surface area (TPSA) is 70.3 Å². The lowest BCUT2D eigenvalue weighted by molar-refractivity contribution is 0.355. The average molecular weight is 298 g/mol. The van der Waals surface area contributed by atoms with E-state index in [4.69, 9.17) is 26.8 Å². The molecule has 106 valence electrons. The molecule has 0 radical (unpaired) electrons. The number of nitrogens with zero attached hydrogens (tertiary/aromatic N) is 2. The smallest absolute Gasteiger partial charge is 0.240 e. The van der Waals surface area contributed by atoms with E-state index in [0.29, 0.717) is 17.1 Å². The van der Waals surface area contributed by atoms with Crippen molar-refractivity contribution in [3.63, 3.8) is 0 Å². The number of benzene rings is 1. The van der Waals surface area contributed by atoms with Gasteiger partial charge in [0.05, 0.1) is 26.5 Å². The standard InChI is InChI=1S/C13H13ClFN3O2/c1-19-10-6-17-12(13(18-10)20-2)11(16)8-4-3-7(15)5-9(8)14/h3-6,11H,16H2,1-2H3. The third kappa shape index (κ3) is 2.81. The van der Waals surface area contributed by atoms with E-state index in [-0.39, 0.29) is 10.9 Å². The van der Waals surface area contributed by atoms with Gasteiger partial charge in [-0.1, -0.05) is 17.7 Å². The molecule has 0 aliphatic heterocycles. The predicted molar refractivity (Wildman–Crippen MR) is 72.6 cm³/mol. The summed E-state index contributed by atoms with van der Waals surface area (Å²) in [5, 5.41) is 0.220. The number of hydrogen-bond donors (Lipinski definition) is 1. The normalized spacial score (nSPS) is 12.1. The summed E-state index contributed by atoms with van der Waals surface area (Å²) in [5.74, 6) is 0.110. The molecular formula is C13H13ClFN3O2. The van der Waals surface area contributed by atoms with Crippen LogP contribution in [0.25, 0.3) is 0 Å². The van der Waals surface area contributed by atoms with Crippen LogP contribution in [-0.2, 0) is 0 Å². The zero-order valence-electron chi connectivity index (χ0n) is 10.9. The Bertz CT molecular complexity index is 625. The van der Waals surface area contributed by atoms with Gasteiger partial charge in [-0.2, -0.15) is 4.98 Å². The molecule has 0 saturated carbocycles. The van der Waals surface area contributed by atoms with E-state index >= 15 is 0 Å². The second-order valence-electron chi connectivity index (χ2n) is 3.95. The van der Waals surface area contributed by atoms with Crippen LogP contribution >= 0.6 is 11.6 Å². The summed E-state index contributed by atoms with van der Waals surface area (Å²) < 4.78 is 23.2. The molecule has 0 bridgehead atoms. The minimum Gasteiger partial charge on any atom is -0.480 e. The van der Waals surface area contributed by atoms with Gasteiger partial charge in [0.15, 0.2) is 0 Å². The Balaban J connectivity index is 2.44. The molecule has 1 atom stereocenters. The molecule has 1 heterocycles. The van der Waals surface area contributed by atoms with Gasteiger partial charge in [0.25, 0.3) is 0 Å². The quantitative estimate of drug-likeness (QED) is 0.938. The first-order chi connectivity index (χ1) is 9.56. The first-order valence-corrected chi connectivity index (χ1v) is 6.10. The van der Waals surface area contributed by atoms with E-state index in [1.165, 1.54) is 38.6 Å². The lowest BCUT2D eigenvalue weighted by Gasteiger charge is -2.16. The fourth-order valence-electron chi connectivity index (χ4n) is 1.73. The van der Waals surface area contributed by atoms with Gasteiger partial charge in [0.2, 0.25) is 11.8 Å². The lowest BCUT2D eigenvalue weighted by atomic mass is 10.0. The molecule has 0 fully saturated rings. The van der Waals surface area contributed by atoms with Crippen molar-refractivity contribution in [2.45, 2.75) is 6.04 Å². The molecule has 0 saturated heterocycles.